The van der Waals surface area contributed by atoms with Gasteiger partial charge in [0.1, 0.15) is 5.82 Å². The summed E-state index contributed by atoms with van der Waals surface area (Å²) in [5, 5.41) is 8.27. The van der Waals surface area contributed by atoms with Crippen LogP contribution >= 0.6 is 0 Å². The van der Waals surface area contributed by atoms with Crippen LogP contribution in [0.5, 0.6) is 0 Å². The lowest BCUT2D eigenvalue weighted by Gasteiger charge is -2.23. The molecular weight excluding hydrogens is 324 g/mol. The number of aromatic nitrogens is 5. The Morgan fingerprint density at radius 3 is 2.81 bits per heavy atom. The van der Waals surface area contributed by atoms with Gasteiger partial charge in [0.2, 0.25) is 0 Å². The molecule has 6 heteroatoms. The van der Waals surface area contributed by atoms with E-state index in [1.807, 2.05) is 42.6 Å². The summed E-state index contributed by atoms with van der Waals surface area (Å²) in [6.07, 6.45) is 3.88. The summed E-state index contributed by atoms with van der Waals surface area (Å²) in [5.41, 5.74) is 2.05. The van der Waals surface area contributed by atoms with Gasteiger partial charge in [-0.25, -0.2) is 19.6 Å². The Bertz CT molecular complexity index is 871. The van der Waals surface area contributed by atoms with Gasteiger partial charge in [-0.15, -0.1) is 0 Å². The fourth-order valence-electron chi connectivity index (χ4n) is 3.21. The maximum absolute atomic E-state index is 4.69. The van der Waals surface area contributed by atoms with Gasteiger partial charge in [-0.05, 0) is 12.5 Å². The SMILES string of the molecule is CC(C)c1nc2n(n1)C[C@H](NCc1ccnc(-c3ccccc3)n1)CC2. The zero-order valence-corrected chi connectivity index (χ0v) is 15.3. The number of benzene rings is 1. The van der Waals surface area contributed by atoms with E-state index in [9.17, 15) is 0 Å². The Hall–Kier alpha value is -2.60. The maximum Gasteiger partial charge on any atom is 0.159 e. The van der Waals surface area contributed by atoms with Gasteiger partial charge in [-0.2, -0.15) is 5.10 Å². The van der Waals surface area contributed by atoms with Crippen molar-refractivity contribution in [2.75, 3.05) is 0 Å². The fraction of sp³-hybridized carbons (Fsp3) is 0.400. The molecule has 26 heavy (non-hydrogen) atoms. The van der Waals surface area contributed by atoms with Crippen LogP contribution in [0, 0.1) is 0 Å². The zero-order chi connectivity index (χ0) is 17.9. The Kier molecular flexibility index (Phi) is 4.75. The lowest BCUT2D eigenvalue weighted by Crippen LogP contribution is -2.37. The van der Waals surface area contributed by atoms with Gasteiger partial charge in [0.25, 0.3) is 0 Å². The van der Waals surface area contributed by atoms with Gasteiger partial charge < -0.3 is 5.32 Å². The van der Waals surface area contributed by atoms with Crippen molar-refractivity contribution in [1.82, 2.24) is 30.0 Å². The molecule has 1 atom stereocenters. The third-order valence-electron chi connectivity index (χ3n) is 4.71. The Labute approximate surface area is 153 Å². The van der Waals surface area contributed by atoms with Crippen molar-refractivity contribution < 1.29 is 0 Å². The lowest BCUT2D eigenvalue weighted by atomic mass is 10.1. The summed E-state index contributed by atoms with van der Waals surface area (Å²) in [7, 11) is 0. The highest BCUT2D eigenvalue weighted by Crippen LogP contribution is 2.18. The number of aryl methyl sites for hydroxylation is 1. The standard InChI is InChI=1S/C20H24N6/c1-14(2)19-24-18-9-8-17(13-26(18)25-19)22-12-16-10-11-21-20(23-16)15-6-4-3-5-7-15/h3-7,10-11,14,17,22H,8-9,12-13H2,1-2H3/t17-/m1/s1. The van der Waals surface area contributed by atoms with Crippen LogP contribution in [0.2, 0.25) is 0 Å². The van der Waals surface area contributed by atoms with Gasteiger partial charge >= 0.3 is 0 Å². The van der Waals surface area contributed by atoms with Crippen LogP contribution in [0.1, 0.15) is 43.5 Å². The molecule has 0 amide bonds. The van der Waals surface area contributed by atoms with Crippen molar-refractivity contribution in [1.29, 1.82) is 0 Å². The van der Waals surface area contributed by atoms with E-state index in [4.69, 9.17) is 4.98 Å². The van der Waals surface area contributed by atoms with Gasteiger partial charge in [-0.3, -0.25) is 0 Å². The van der Waals surface area contributed by atoms with Crippen LogP contribution in [0.25, 0.3) is 11.4 Å². The molecule has 4 rings (SSSR count). The molecule has 0 bridgehead atoms. The topological polar surface area (TPSA) is 68.5 Å². The fourth-order valence-corrected chi connectivity index (χ4v) is 3.21. The monoisotopic (exact) mass is 348 g/mol. The van der Waals surface area contributed by atoms with E-state index >= 15 is 0 Å². The van der Waals surface area contributed by atoms with E-state index < -0.39 is 0 Å². The van der Waals surface area contributed by atoms with Crippen LogP contribution < -0.4 is 5.32 Å². The average molecular weight is 348 g/mol. The van der Waals surface area contributed by atoms with Gasteiger partial charge in [0, 0.05) is 36.7 Å². The second kappa shape index (κ2) is 7.33. The predicted molar refractivity (Wildman–Crippen MR) is 101 cm³/mol. The molecule has 2 aromatic heterocycles. The quantitative estimate of drug-likeness (QED) is 0.768. The van der Waals surface area contributed by atoms with E-state index in [1.54, 1.807) is 0 Å². The van der Waals surface area contributed by atoms with E-state index in [0.29, 0.717) is 12.0 Å². The minimum Gasteiger partial charge on any atom is -0.307 e. The summed E-state index contributed by atoms with van der Waals surface area (Å²) in [5.74, 6) is 3.20. The molecule has 1 aliphatic heterocycles. The molecule has 0 aliphatic carbocycles. The third-order valence-corrected chi connectivity index (χ3v) is 4.71. The van der Waals surface area contributed by atoms with E-state index in [1.165, 1.54) is 0 Å². The van der Waals surface area contributed by atoms with Gasteiger partial charge in [0.15, 0.2) is 11.6 Å². The molecule has 0 saturated heterocycles. The molecule has 1 aliphatic rings. The van der Waals surface area contributed by atoms with Crippen LogP contribution in [-0.2, 0) is 19.5 Å². The largest absolute Gasteiger partial charge is 0.307 e. The molecule has 6 nitrogen and oxygen atoms in total. The molecule has 1 N–H and O–H groups in total. The van der Waals surface area contributed by atoms with E-state index in [0.717, 1.165) is 54.7 Å². The van der Waals surface area contributed by atoms with Crippen LogP contribution in [0.4, 0.5) is 0 Å². The molecule has 0 fully saturated rings. The Morgan fingerprint density at radius 2 is 2.00 bits per heavy atom. The van der Waals surface area contributed by atoms with Crippen LogP contribution in [0.15, 0.2) is 42.6 Å². The molecule has 3 aromatic rings. The van der Waals surface area contributed by atoms with Crippen molar-refractivity contribution in [3.63, 3.8) is 0 Å². The van der Waals surface area contributed by atoms with Crippen LogP contribution in [0.3, 0.4) is 0 Å². The smallest absolute Gasteiger partial charge is 0.159 e. The summed E-state index contributed by atoms with van der Waals surface area (Å²) in [6, 6.07) is 12.4. The number of fused-ring (bicyclic) bond motifs is 1. The Balaban J connectivity index is 1.40. The van der Waals surface area contributed by atoms with Crippen molar-refractivity contribution >= 4 is 0 Å². The number of hydrogen-bond donors (Lipinski definition) is 1. The predicted octanol–water partition coefficient (Wildman–Crippen LogP) is 2.96. The number of hydrogen-bond acceptors (Lipinski definition) is 5. The van der Waals surface area contributed by atoms with E-state index in [2.05, 4.69) is 38.9 Å². The van der Waals surface area contributed by atoms with Crippen molar-refractivity contribution in [3.8, 4) is 11.4 Å². The highest BCUT2D eigenvalue weighted by atomic mass is 15.4. The second-order valence-electron chi connectivity index (χ2n) is 7.08. The summed E-state index contributed by atoms with van der Waals surface area (Å²) >= 11 is 0. The molecule has 0 saturated carbocycles. The molecular formula is C20H24N6. The lowest BCUT2D eigenvalue weighted by molar-refractivity contribution is 0.356. The summed E-state index contributed by atoms with van der Waals surface area (Å²) < 4.78 is 2.06. The highest BCUT2D eigenvalue weighted by Gasteiger charge is 2.22. The van der Waals surface area contributed by atoms with Crippen molar-refractivity contribution in [2.24, 2.45) is 0 Å². The molecule has 134 valence electrons. The Morgan fingerprint density at radius 1 is 1.15 bits per heavy atom. The minimum atomic E-state index is 0.372. The van der Waals surface area contributed by atoms with Gasteiger partial charge in [0.05, 0.1) is 12.2 Å². The van der Waals surface area contributed by atoms with E-state index in [-0.39, 0.29) is 0 Å². The zero-order valence-electron chi connectivity index (χ0n) is 15.3. The molecule has 0 radical (unpaired) electrons. The summed E-state index contributed by atoms with van der Waals surface area (Å²) in [4.78, 5) is 13.7. The number of nitrogens with zero attached hydrogens (tertiary/aromatic N) is 5. The molecule has 1 aromatic carbocycles. The number of rotatable bonds is 5. The maximum atomic E-state index is 4.69. The van der Waals surface area contributed by atoms with Crippen molar-refractivity contribution in [2.45, 2.75) is 51.7 Å². The minimum absolute atomic E-state index is 0.372. The first-order chi connectivity index (χ1) is 12.7. The highest BCUT2D eigenvalue weighted by molar-refractivity contribution is 5.54. The molecule has 3 heterocycles. The second-order valence-corrected chi connectivity index (χ2v) is 7.08. The van der Waals surface area contributed by atoms with Crippen molar-refractivity contribution in [3.05, 3.63) is 59.9 Å². The average Bonchev–Trinajstić information content (AvgIpc) is 3.11. The normalized spacial score (nSPS) is 16.7. The first-order valence-electron chi connectivity index (χ1n) is 9.23. The third kappa shape index (κ3) is 3.65. The molecule has 0 spiro atoms. The molecule has 0 unspecified atom stereocenters. The van der Waals surface area contributed by atoms with Crippen LogP contribution in [-0.4, -0.2) is 30.8 Å². The summed E-state index contributed by atoms with van der Waals surface area (Å²) in [6.45, 7) is 5.87. The first-order valence-corrected chi connectivity index (χ1v) is 9.23. The number of nitrogens with one attached hydrogen (secondary N) is 1. The van der Waals surface area contributed by atoms with Gasteiger partial charge in [-0.1, -0.05) is 44.2 Å². The first kappa shape index (κ1) is 16.8.